The van der Waals surface area contributed by atoms with Crippen molar-refractivity contribution in [3.63, 3.8) is 0 Å². The number of nitrogens with zero attached hydrogens (tertiary/aromatic N) is 2. The molecule has 19 heavy (non-hydrogen) atoms. The molecule has 102 valence electrons. The molecule has 1 aromatic heterocycles. The molecule has 2 aromatic rings. The number of rotatable bonds is 4. The molecule has 0 aliphatic rings. The number of hydrogen-bond acceptors (Lipinski definition) is 4. The number of nitrogens with one attached hydrogen (secondary N) is 1. The Balaban J connectivity index is 2.31. The summed E-state index contributed by atoms with van der Waals surface area (Å²) in [7, 11) is 0. The number of benzene rings is 1. The Morgan fingerprint density at radius 2 is 2.32 bits per heavy atom. The molecule has 0 fully saturated rings. The summed E-state index contributed by atoms with van der Waals surface area (Å²) in [6, 6.07) is 5.34. The van der Waals surface area contributed by atoms with Gasteiger partial charge in [-0.25, -0.2) is 9.89 Å². The lowest BCUT2D eigenvalue weighted by molar-refractivity contribution is 0.199. The first-order valence-electron chi connectivity index (χ1n) is 5.83. The Kier molecular flexibility index (Phi) is 4.34. The number of aliphatic hydroxyl groups excluding tert-OH is 1. The van der Waals surface area contributed by atoms with Crippen LogP contribution in [-0.4, -0.2) is 19.9 Å². The van der Waals surface area contributed by atoms with E-state index in [9.17, 15) is 9.90 Å². The van der Waals surface area contributed by atoms with Gasteiger partial charge in [-0.3, -0.25) is 4.57 Å². The summed E-state index contributed by atoms with van der Waals surface area (Å²) in [5.74, 6) is 0. The second-order valence-corrected chi connectivity index (χ2v) is 5.44. The molecule has 0 aliphatic carbocycles. The summed E-state index contributed by atoms with van der Waals surface area (Å²) < 4.78 is 1.53. The Labute approximate surface area is 119 Å². The number of halogens is 1. The van der Waals surface area contributed by atoms with E-state index >= 15 is 0 Å². The van der Waals surface area contributed by atoms with E-state index < -0.39 is 6.10 Å². The lowest BCUT2D eigenvalue weighted by Crippen LogP contribution is -2.16. The zero-order valence-electron chi connectivity index (χ0n) is 10.6. The van der Waals surface area contributed by atoms with Crippen molar-refractivity contribution in [2.45, 2.75) is 36.5 Å². The number of aromatic amines is 1. The summed E-state index contributed by atoms with van der Waals surface area (Å²) in [5, 5.41) is 17.0. The van der Waals surface area contributed by atoms with Crippen LogP contribution in [0.5, 0.6) is 0 Å². The van der Waals surface area contributed by atoms with Crippen molar-refractivity contribution in [3.8, 4) is 0 Å². The Morgan fingerprint density at radius 3 is 2.89 bits per heavy atom. The molecule has 1 atom stereocenters. The van der Waals surface area contributed by atoms with Crippen LogP contribution in [0, 0.1) is 0 Å². The van der Waals surface area contributed by atoms with E-state index in [1.165, 1.54) is 16.3 Å². The summed E-state index contributed by atoms with van der Waals surface area (Å²) in [6.45, 7) is 4.10. The first-order valence-corrected chi connectivity index (χ1v) is 7.03. The fraction of sp³-hybridized carbons (Fsp3) is 0.333. The van der Waals surface area contributed by atoms with Crippen molar-refractivity contribution < 1.29 is 5.11 Å². The third-order valence-corrected chi connectivity index (χ3v) is 4.17. The molecule has 1 aromatic carbocycles. The highest BCUT2D eigenvalue weighted by molar-refractivity contribution is 7.99. The van der Waals surface area contributed by atoms with Gasteiger partial charge < -0.3 is 5.11 Å². The van der Waals surface area contributed by atoms with Gasteiger partial charge in [-0.2, -0.15) is 0 Å². The molecule has 1 heterocycles. The molecule has 0 spiro atoms. The van der Waals surface area contributed by atoms with Crippen molar-refractivity contribution in [1.82, 2.24) is 14.8 Å². The number of H-pyrrole nitrogens is 1. The van der Waals surface area contributed by atoms with Crippen LogP contribution in [0.3, 0.4) is 0 Å². The fourth-order valence-electron chi connectivity index (χ4n) is 1.62. The van der Waals surface area contributed by atoms with Crippen LogP contribution in [0.25, 0.3) is 0 Å². The highest BCUT2D eigenvalue weighted by Gasteiger charge is 2.12. The van der Waals surface area contributed by atoms with Crippen LogP contribution in [0.4, 0.5) is 0 Å². The standard InChI is InChI=1S/C12H14ClN3O2S/c1-3-16-11(18)14-15-12(16)19-10-5-4-8(7(2)17)6-9(10)13/h4-7,17H,3H2,1-2H3,(H,14,18)/t7-/m0/s1. The number of hydrogen-bond donors (Lipinski definition) is 2. The summed E-state index contributed by atoms with van der Waals surface area (Å²) >= 11 is 7.48. The normalized spacial score (nSPS) is 12.6. The first-order chi connectivity index (χ1) is 9.02. The first kappa shape index (κ1) is 14.2. The minimum absolute atomic E-state index is 0.235. The van der Waals surface area contributed by atoms with Crippen molar-refractivity contribution in [1.29, 1.82) is 0 Å². The highest BCUT2D eigenvalue weighted by Crippen LogP contribution is 2.33. The molecular weight excluding hydrogens is 286 g/mol. The zero-order valence-corrected chi connectivity index (χ0v) is 12.1. The summed E-state index contributed by atoms with van der Waals surface area (Å²) in [6.07, 6.45) is -0.559. The smallest absolute Gasteiger partial charge is 0.343 e. The molecule has 5 nitrogen and oxygen atoms in total. The Bertz CT molecular complexity index is 636. The van der Waals surface area contributed by atoms with Gasteiger partial charge in [0.05, 0.1) is 11.1 Å². The minimum Gasteiger partial charge on any atom is -0.389 e. The van der Waals surface area contributed by atoms with E-state index in [4.69, 9.17) is 11.6 Å². The van der Waals surface area contributed by atoms with E-state index in [0.29, 0.717) is 16.7 Å². The predicted octanol–water partition coefficient (Wildman–Crippen LogP) is 2.45. The third-order valence-electron chi connectivity index (χ3n) is 2.68. The molecular formula is C12H14ClN3O2S. The molecule has 0 saturated carbocycles. The van der Waals surface area contributed by atoms with Crippen LogP contribution in [-0.2, 0) is 6.54 Å². The maximum Gasteiger partial charge on any atom is 0.343 e. The molecule has 7 heteroatoms. The van der Waals surface area contributed by atoms with Crippen LogP contribution in [0.15, 0.2) is 33.0 Å². The molecule has 0 aliphatic heterocycles. The zero-order chi connectivity index (χ0) is 14.0. The van der Waals surface area contributed by atoms with Gasteiger partial charge in [-0.1, -0.05) is 17.7 Å². The maximum absolute atomic E-state index is 11.5. The van der Waals surface area contributed by atoms with Gasteiger partial charge in [0.2, 0.25) is 0 Å². The van der Waals surface area contributed by atoms with Gasteiger partial charge in [0.15, 0.2) is 5.16 Å². The van der Waals surface area contributed by atoms with Crippen molar-refractivity contribution >= 4 is 23.4 Å². The molecule has 0 radical (unpaired) electrons. The van der Waals surface area contributed by atoms with E-state index in [-0.39, 0.29) is 5.69 Å². The molecule has 0 bridgehead atoms. The van der Waals surface area contributed by atoms with Gasteiger partial charge in [-0.05, 0) is 43.3 Å². The second kappa shape index (κ2) is 5.81. The average Bonchev–Trinajstić information content (AvgIpc) is 2.72. The minimum atomic E-state index is -0.559. The Morgan fingerprint density at radius 1 is 1.58 bits per heavy atom. The van der Waals surface area contributed by atoms with Crippen LogP contribution >= 0.6 is 23.4 Å². The monoisotopic (exact) mass is 299 g/mol. The average molecular weight is 300 g/mol. The molecule has 0 unspecified atom stereocenters. The third kappa shape index (κ3) is 3.02. The van der Waals surface area contributed by atoms with Crippen LogP contribution < -0.4 is 5.69 Å². The SMILES string of the molecule is CCn1c(Sc2ccc([C@H](C)O)cc2Cl)n[nH]c1=O. The van der Waals surface area contributed by atoms with Gasteiger partial charge >= 0.3 is 5.69 Å². The topological polar surface area (TPSA) is 70.9 Å². The van der Waals surface area contributed by atoms with Crippen molar-refractivity contribution in [2.75, 3.05) is 0 Å². The fourth-order valence-corrected chi connectivity index (χ4v) is 2.83. The van der Waals surface area contributed by atoms with Gasteiger partial charge in [0, 0.05) is 11.4 Å². The Hall–Kier alpha value is -1.24. The highest BCUT2D eigenvalue weighted by atomic mass is 35.5. The van der Waals surface area contributed by atoms with Crippen LogP contribution in [0.2, 0.25) is 5.02 Å². The van der Waals surface area contributed by atoms with Gasteiger partial charge in [0.1, 0.15) is 0 Å². The molecule has 2 N–H and O–H groups in total. The number of aromatic nitrogens is 3. The largest absolute Gasteiger partial charge is 0.389 e. The van der Waals surface area contributed by atoms with Crippen molar-refractivity contribution in [3.05, 3.63) is 39.3 Å². The lowest BCUT2D eigenvalue weighted by atomic mass is 10.1. The van der Waals surface area contributed by atoms with E-state index in [1.54, 1.807) is 19.1 Å². The van der Waals surface area contributed by atoms with Gasteiger partial charge in [0.25, 0.3) is 0 Å². The summed E-state index contributed by atoms with van der Waals surface area (Å²) in [4.78, 5) is 12.2. The van der Waals surface area contributed by atoms with E-state index in [2.05, 4.69) is 10.2 Å². The lowest BCUT2D eigenvalue weighted by Gasteiger charge is -2.08. The predicted molar refractivity (Wildman–Crippen MR) is 74.7 cm³/mol. The second-order valence-electron chi connectivity index (χ2n) is 4.02. The number of aliphatic hydroxyl groups is 1. The quantitative estimate of drug-likeness (QED) is 0.910. The van der Waals surface area contributed by atoms with E-state index in [1.807, 2.05) is 13.0 Å². The van der Waals surface area contributed by atoms with E-state index in [0.717, 1.165) is 10.5 Å². The molecule has 0 saturated heterocycles. The molecule has 2 rings (SSSR count). The summed E-state index contributed by atoms with van der Waals surface area (Å²) in [5.41, 5.74) is 0.519. The maximum atomic E-state index is 11.5. The van der Waals surface area contributed by atoms with Crippen LogP contribution in [0.1, 0.15) is 25.5 Å². The van der Waals surface area contributed by atoms with Crippen molar-refractivity contribution in [2.24, 2.45) is 0 Å². The molecule has 0 amide bonds. The van der Waals surface area contributed by atoms with Gasteiger partial charge in [-0.15, -0.1) is 5.10 Å².